The van der Waals surface area contributed by atoms with E-state index in [9.17, 15) is 27.6 Å². The van der Waals surface area contributed by atoms with Gasteiger partial charge in [0.05, 0.1) is 41.1 Å². The van der Waals surface area contributed by atoms with Crippen molar-refractivity contribution in [3.63, 3.8) is 0 Å². The summed E-state index contributed by atoms with van der Waals surface area (Å²) in [7, 11) is 0. The van der Waals surface area contributed by atoms with Crippen LogP contribution in [-0.4, -0.2) is 47.7 Å². The Balaban J connectivity index is 1.83. The number of carbonyl (C=O) groups is 3. The number of hydrogen-bond acceptors (Lipinski definition) is 5. The van der Waals surface area contributed by atoms with Crippen LogP contribution in [0.15, 0.2) is 59.8 Å². The summed E-state index contributed by atoms with van der Waals surface area (Å²) in [6.45, 7) is -0.548. The van der Waals surface area contributed by atoms with E-state index in [1.54, 1.807) is 12.1 Å². The summed E-state index contributed by atoms with van der Waals surface area (Å²) in [6.07, 6.45) is -4.64. The van der Waals surface area contributed by atoms with E-state index in [-0.39, 0.29) is 43.1 Å². The monoisotopic (exact) mass is 499 g/mol. The number of benzene rings is 2. The van der Waals surface area contributed by atoms with Gasteiger partial charge in [0.25, 0.3) is 5.91 Å². The van der Waals surface area contributed by atoms with E-state index in [0.717, 1.165) is 28.0 Å². The number of alkyl halides is 3. The summed E-state index contributed by atoms with van der Waals surface area (Å²) in [5, 5.41) is 23.1. The lowest BCUT2D eigenvalue weighted by atomic mass is 9.89. The molecule has 2 aromatic carbocycles. The number of rotatable bonds is 4. The molecule has 0 saturated carbocycles. The van der Waals surface area contributed by atoms with E-state index >= 15 is 0 Å². The van der Waals surface area contributed by atoms with E-state index in [1.807, 2.05) is 6.07 Å². The summed E-state index contributed by atoms with van der Waals surface area (Å²) in [4.78, 5) is 41.2. The van der Waals surface area contributed by atoms with Gasteiger partial charge < -0.3 is 15.7 Å². The predicted molar refractivity (Wildman–Crippen MR) is 120 cm³/mol. The average molecular weight is 499 g/mol. The standard InChI is InChI=1S/C24H20F3N5O4/c25-24(26,27)16-2-1-3-17(12-16)32-18-8-10-31(22(35)29-9-11-33)21(34)19(18)20(30-23(32)36)15-6-4-14(13-28)5-7-15/h1-7,12,20,33H,8-11H2,(H,29,35)(H,30,36). The summed E-state index contributed by atoms with van der Waals surface area (Å²) >= 11 is 0. The molecule has 0 aromatic heterocycles. The quantitative estimate of drug-likeness (QED) is 0.596. The normalized spacial score (nSPS) is 17.9. The Bertz CT molecular complexity index is 1280. The van der Waals surface area contributed by atoms with Crippen LogP contribution in [0.4, 0.5) is 28.4 Å². The Morgan fingerprint density at radius 2 is 1.92 bits per heavy atom. The molecule has 0 saturated heterocycles. The van der Waals surface area contributed by atoms with Gasteiger partial charge in [-0.25, -0.2) is 9.59 Å². The van der Waals surface area contributed by atoms with E-state index < -0.39 is 35.8 Å². The summed E-state index contributed by atoms with van der Waals surface area (Å²) < 4.78 is 40.0. The Kier molecular flexibility index (Phi) is 6.67. The summed E-state index contributed by atoms with van der Waals surface area (Å²) in [5.41, 5.74) is -0.0636. The third-order valence-corrected chi connectivity index (χ3v) is 5.83. The van der Waals surface area contributed by atoms with Gasteiger partial charge in [0.2, 0.25) is 0 Å². The Morgan fingerprint density at radius 3 is 2.56 bits per heavy atom. The number of aliphatic hydroxyl groups is 1. The third kappa shape index (κ3) is 4.60. The fourth-order valence-electron chi connectivity index (χ4n) is 4.17. The van der Waals surface area contributed by atoms with Crippen molar-refractivity contribution in [2.75, 3.05) is 24.6 Å². The smallest absolute Gasteiger partial charge is 0.395 e. The number of carbonyl (C=O) groups excluding carboxylic acids is 3. The van der Waals surface area contributed by atoms with Gasteiger partial charge >= 0.3 is 18.2 Å². The second kappa shape index (κ2) is 9.71. The summed E-state index contributed by atoms with van der Waals surface area (Å²) in [5.74, 6) is -0.738. The van der Waals surface area contributed by atoms with Crippen molar-refractivity contribution in [3.8, 4) is 6.07 Å². The molecule has 36 heavy (non-hydrogen) atoms. The minimum absolute atomic E-state index is 0.00403. The Labute approximate surface area is 203 Å². The zero-order valence-corrected chi connectivity index (χ0v) is 18.7. The molecular weight excluding hydrogens is 479 g/mol. The van der Waals surface area contributed by atoms with Gasteiger partial charge in [-0.15, -0.1) is 0 Å². The Morgan fingerprint density at radius 1 is 1.19 bits per heavy atom. The third-order valence-electron chi connectivity index (χ3n) is 5.83. The first-order valence-corrected chi connectivity index (χ1v) is 10.9. The van der Waals surface area contributed by atoms with E-state index in [1.165, 1.54) is 18.2 Å². The van der Waals surface area contributed by atoms with Gasteiger partial charge in [-0.05, 0) is 35.9 Å². The van der Waals surface area contributed by atoms with Crippen LogP contribution >= 0.6 is 0 Å². The number of amides is 5. The van der Waals surface area contributed by atoms with Crippen LogP contribution in [0.1, 0.15) is 29.2 Å². The van der Waals surface area contributed by atoms with Crippen LogP contribution in [-0.2, 0) is 11.0 Å². The first kappa shape index (κ1) is 24.7. The molecule has 12 heteroatoms. The first-order valence-electron chi connectivity index (χ1n) is 10.9. The van der Waals surface area contributed by atoms with Gasteiger partial charge in [-0.1, -0.05) is 18.2 Å². The number of aliphatic hydroxyl groups excluding tert-OH is 1. The number of nitrogens with one attached hydrogen (secondary N) is 2. The fourth-order valence-corrected chi connectivity index (χ4v) is 4.17. The predicted octanol–water partition coefficient (Wildman–Crippen LogP) is 3.04. The van der Waals surface area contributed by atoms with Crippen molar-refractivity contribution in [3.05, 3.63) is 76.5 Å². The zero-order valence-electron chi connectivity index (χ0n) is 18.7. The van der Waals surface area contributed by atoms with Crippen LogP contribution in [0.5, 0.6) is 0 Å². The molecule has 3 N–H and O–H groups in total. The lowest BCUT2D eigenvalue weighted by Gasteiger charge is -2.41. The molecule has 2 aliphatic heterocycles. The number of urea groups is 2. The maximum Gasteiger partial charge on any atom is 0.416 e. The van der Waals surface area contributed by atoms with Gasteiger partial charge in [0.15, 0.2) is 0 Å². The largest absolute Gasteiger partial charge is 0.416 e. The highest BCUT2D eigenvalue weighted by atomic mass is 19.4. The minimum Gasteiger partial charge on any atom is -0.395 e. The fraction of sp³-hybridized carbons (Fsp3) is 0.250. The number of nitriles is 1. The van der Waals surface area contributed by atoms with Gasteiger partial charge in [0.1, 0.15) is 0 Å². The molecule has 2 heterocycles. The van der Waals surface area contributed by atoms with Crippen LogP contribution < -0.4 is 15.5 Å². The molecule has 0 radical (unpaired) electrons. The SMILES string of the molecule is N#Cc1ccc(C2NC(=O)N(c3cccc(C(F)(F)F)c3)C3=C2C(=O)N(C(=O)NCCO)CC3)cc1. The van der Waals surface area contributed by atoms with Gasteiger partial charge in [-0.3, -0.25) is 14.6 Å². The second-order valence-electron chi connectivity index (χ2n) is 8.02. The van der Waals surface area contributed by atoms with Crippen LogP contribution in [0.3, 0.4) is 0 Å². The molecule has 1 atom stereocenters. The number of hydrogen-bond donors (Lipinski definition) is 3. The minimum atomic E-state index is -4.64. The van der Waals surface area contributed by atoms with E-state index in [4.69, 9.17) is 10.4 Å². The molecule has 0 aliphatic carbocycles. The molecule has 1 unspecified atom stereocenters. The van der Waals surface area contributed by atoms with Crippen LogP contribution in [0, 0.1) is 11.3 Å². The van der Waals surface area contributed by atoms with E-state index in [0.29, 0.717) is 11.1 Å². The van der Waals surface area contributed by atoms with Crippen molar-refractivity contribution in [1.29, 1.82) is 5.26 Å². The van der Waals surface area contributed by atoms with Crippen LogP contribution in [0.25, 0.3) is 0 Å². The van der Waals surface area contributed by atoms with Crippen molar-refractivity contribution >= 4 is 23.7 Å². The molecule has 186 valence electrons. The van der Waals surface area contributed by atoms with Gasteiger partial charge in [-0.2, -0.15) is 18.4 Å². The second-order valence-corrected chi connectivity index (χ2v) is 8.02. The average Bonchev–Trinajstić information content (AvgIpc) is 2.86. The molecule has 9 nitrogen and oxygen atoms in total. The molecule has 0 spiro atoms. The zero-order chi connectivity index (χ0) is 26.0. The molecule has 2 aliphatic rings. The lowest BCUT2D eigenvalue weighted by Crippen LogP contribution is -2.56. The summed E-state index contributed by atoms with van der Waals surface area (Å²) in [6, 6.07) is 9.75. The highest BCUT2D eigenvalue weighted by molar-refractivity contribution is 6.10. The molecule has 4 rings (SSSR count). The maximum absolute atomic E-state index is 13.5. The lowest BCUT2D eigenvalue weighted by molar-refractivity contribution is -0.137. The Hall–Kier alpha value is -4.37. The van der Waals surface area contributed by atoms with Crippen LogP contribution in [0.2, 0.25) is 0 Å². The maximum atomic E-state index is 13.5. The van der Waals surface area contributed by atoms with Crippen molar-refractivity contribution < 1.29 is 32.7 Å². The van der Waals surface area contributed by atoms with Crippen molar-refractivity contribution in [1.82, 2.24) is 15.5 Å². The van der Waals surface area contributed by atoms with Crippen molar-refractivity contribution in [2.45, 2.75) is 18.6 Å². The number of imide groups is 1. The molecule has 2 aromatic rings. The highest BCUT2D eigenvalue weighted by Crippen LogP contribution is 2.40. The molecule has 5 amide bonds. The molecule has 0 bridgehead atoms. The van der Waals surface area contributed by atoms with E-state index in [2.05, 4.69) is 10.6 Å². The highest BCUT2D eigenvalue weighted by Gasteiger charge is 2.44. The first-order chi connectivity index (χ1) is 17.2. The number of halogens is 3. The molecular formula is C24H20F3N5O4. The van der Waals surface area contributed by atoms with Gasteiger partial charge in [0, 0.05) is 25.2 Å². The number of nitrogens with zero attached hydrogens (tertiary/aromatic N) is 3. The topological polar surface area (TPSA) is 126 Å². The molecule has 0 fully saturated rings. The number of anilines is 1. The van der Waals surface area contributed by atoms with Crippen molar-refractivity contribution in [2.24, 2.45) is 0 Å².